The summed E-state index contributed by atoms with van der Waals surface area (Å²) in [5.74, 6) is -0.641. The SMILES string of the molecule is Cc1ccccc1NS(=O)(=O)c1ccc(C(=O)NCCCNC(=O)c2cccc(O)c2)cc1. The van der Waals surface area contributed by atoms with Crippen molar-refractivity contribution in [2.75, 3.05) is 17.8 Å². The average Bonchev–Trinajstić information content (AvgIpc) is 2.80. The van der Waals surface area contributed by atoms with Gasteiger partial charge in [0.1, 0.15) is 5.75 Å². The van der Waals surface area contributed by atoms with Gasteiger partial charge in [-0.1, -0.05) is 24.3 Å². The van der Waals surface area contributed by atoms with Crippen molar-refractivity contribution in [2.45, 2.75) is 18.2 Å². The van der Waals surface area contributed by atoms with Gasteiger partial charge in [0, 0.05) is 24.2 Å². The van der Waals surface area contributed by atoms with Gasteiger partial charge in [-0.2, -0.15) is 0 Å². The second-order valence-electron chi connectivity index (χ2n) is 7.36. The first-order valence-corrected chi connectivity index (χ1v) is 11.8. The maximum atomic E-state index is 12.6. The third-order valence-electron chi connectivity index (χ3n) is 4.85. The largest absolute Gasteiger partial charge is 0.508 e. The molecular weight excluding hydrogens is 442 g/mol. The second kappa shape index (κ2) is 10.6. The number of aryl methyl sites for hydroxylation is 1. The van der Waals surface area contributed by atoms with E-state index in [-0.39, 0.29) is 22.5 Å². The number of rotatable bonds is 9. The van der Waals surface area contributed by atoms with Crippen molar-refractivity contribution in [1.82, 2.24) is 10.6 Å². The van der Waals surface area contributed by atoms with E-state index in [0.29, 0.717) is 36.3 Å². The lowest BCUT2D eigenvalue weighted by molar-refractivity contribution is 0.0951. The highest BCUT2D eigenvalue weighted by molar-refractivity contribution is 7.92. The molecule has 172 valence electrons. The third-order valence-corrected chi connectivity index (χ3v) is 6.23. The highest BCUT2D eigenvalue weighted by atomic mass is 32.2. The zero-order valence-electron chi connectivity index (χ0n) is 18.0. The number of hydrogen-bond donors (Lipinski definition) is 4. The third kappa shape index (κ3) is 6.56. The Labute approximate surface area is 192 Å². The molecule has 0 spiro atoms. The first-order valence-electron chi connectivity index (χ1n) is 10.3. The summed E-state index contributed by atoms with van der Waals surface area (Å²) in [5, 5.41) is 14.9. The number of sulfonamides is 1. The summed E-state index contributed by atoms with van der Waals surface area (Å²) >= 11 is 0. The number of para-hydroxylation sites is 1. The summed E-state index contributed by atoms with van der Waals surface area (Å²) in [6, 6.07) is 18.8. The summed E-state index contributed by atoms with van der Waals surface area (Å²) in [7, 11) is -3.77. The smallest absolute Gasteiger partial charge is 0.261 e. The maximum absolute atomic E-state index is 12.6. The molecule has 0 saturated carbocycles. The Morgan fingerprint density at radius 1 is 0.818 bits per heavy atom. The van der Waals surface area contributed by atoms with Crippen LogP contribution in [0.5, 0.6) is 5.75 Å². The van der Waals surface area contributed by atoms with Crippen molar-refractivity contribution >= 4 is 27.5 Å². The van der Waals surface area contributed by atoms with E-state index in [4.69, 9.17) is 0 Å². The molecule has 8 nitrogen and oxygen atoms in total. The van der Waals surface area contributed by atoms with Gasteiger partial charge in [0.25, 0.3) is 21.8 Å². The van der Waals surface area contributed by atoms with Gasteiger partial charge >= 0.3 is 0 Å². The van der Waals surface area contributed by atoms with Crippen molar-refractivity contribution in [2.24, 2.45) is 0 Å². The number of carbonyl (C=O) groups excluding carboxylic acids is 2. The lowest BCUT2D eigenvalue weighted by Crippen LogP contribution is -2.29. The molecule has 0 saturated heterocycles. The van der Waals surface area contributed by atoms with Crippen molar-refractivity contribution < 1.29 is 23.1 Å². The van der Waals surface area contributed by atoms with E-state index < -0.39 is 10.0 Å². The molecular formula is C24H25N3O5S. The molecule has 0 aliphatic rings. The van der Waals surface area contributed by atoms with E-state index in [0.717, 1.165) is 5.56 Å². The average molecular weight is 468 g/mol. The number of phenolic OH excluding ortho intramolecular Hbond substituents is 1. The molecule has 0 aliphatic carbocycles. The monoisotopic (exact) mass is 467 g/mol. The van der Waals surface area contributed by atoms with Crippen molar-refractivity contribution in [3.8, 4) is 5.75 Å². The molecule has 33 heavy (non-hydrogen) atoms. The second-order valence-corrected chi connectivity index (χ2v) is 9.04. The van der Waals surface area contributed by atoms with Crippen molar-refractivity contribution in [3.63, 3.8) is 0 Å². The summed E-state index contributed by atoms with van der Waals surface area (Å²) in [4.78, 5) is 24.4. The number of benzene rings is 3. The Kier molecular flexibility index (Phi) is 7.68. The van der Waals surface area contributed by atoms with Crippen molar-refractivity contribution in [1.29, 1.82) is 0 Å². The summed E-state index contributed by atoms with van der Waals surface area (Å²) in [6.45, 7) is 2.48. The topological polar surface area (TPSA) is 125 Å². The van der Waals surface area contributed by atoms with Gasteiger partial charge in [-0.05, 0) is 67.4 Å². The molecule has 0 fully saturated rings. The van der Waals surface area contributed by atoms with Crippen LogP contribution in [0.25, 0.3) is 0 Å². The Balaban J connectivity index is 1.47. The van der Waals surface area contributed by atoms with E-state index in [9.17, 15) is 23.1 Å². The van der Waals surface area contributed by atoms with Crippen LogP contribution in [0.2, 0.25) is 0 Å². The molecule has 0 aromatic heterocycles. The minimum Gasteiger partial charge on any atom is -0.508 e. The van der Waals surface area contributed by atoms with Crippen LogP contribution in [0.1, 0.15) is 32.7 Å². The number of nitrogens with one attached hydrogen (secondary N) is 3. The first-order chi connectivity index (χ1) is 15.8. The lowest BCUT2D eigenvalue weighted by Gasteiger charge is -2.11. The standard InChI is InChI=1S/C24H25N3O5S/c1-17-6-2-3-9-22(17)27-33(31,32)21-12-10-18(11-13-21)23(29)25-14-5-15-26-24(30)19-7-4-8-20(28)16-19/h2-4,6-13,16,27-28H,5,14-15H2,1H3,(H,25,29)(H,26,30). The fourth-order valence-electron chi connectivity index (χ4n) is 3.02. The van der Waals surface area contributed by atoms with E-state index in [2.05, 4.69) is 15.4 Å². The van der Waals surface area contributed by atoms with Crippen LogP contribution in [0.3, 0.4) is 0 Å². The van der Waals surface area contributed by atoms with Gasteiger partial charge in [0.15, 0.2) is 0 Å². The molecule has 0 unspecified atom stereocenters. The van der Waals surface area contributed by atoms with E-state index in [1.165, 1.54) is 36.4 Å². The highest BCUT2D eigenvalue weighted by Gasteiger charge is 2.16. The molecule has 3 rings (SSSR count). The predicted octanol–water partition coefficient (Wildman–Crippen LogP) is 3.05. The Morgan fingerprint density at radius 2 is 1.45 bits per heavy atom. The van der Waals surface area contributed by atoms with Crippen LogP contribution in [-0.2, 0) is 10.0 Å². The van der Waals surface area contributed by atoms with Gasteiger partial charge < -0.3 is 15.7 Å². The van der Waals surface area contributed by atoms with Crippen LogP contribution >= 0.6 is 0 Å². The minimum absolute atomic E-state index is 0.0136. The predicted molar refractivity (Wildman–Crippen MR) is 126 cm³/mol. The number of anilines is 1. The van der Waals surface area contributed by atoms with Gasteiger partial charge in [-0.15, -0.1) is 0 Å². The fraction of sp³-hybridized carbons (Fsp3) is 0.167. The number of aromatic hydroxyl groups is 1. The summed E-state index contributed by atoms with van der Waals surface area (Å²) in [6.07, 6.45) is 0.503. The molecule has 0 heterocycles. The van der Waals surface area contributed by atoms with Crippen molar-refractivity contribution in [3.05, 3.63) is 89.5 Å². The molecule has 0 atom stereocenters. The van der Waals surface area contributed by atoms with Crippen LogP contribution in [0, 0.1) is 6.92 Å². The zero-order chi connectivity index (χ0) is 23.8. The van der Waals surface area contributed by atoms with E-state index in [1.807, 2.05) is 19.1 Å². The first kappa shape index (κ1) is 23.8. The van der Waals surface area contributed by atoms with Crippen LogP contribution in [0.15, 0.2) is 77.7 Å². The van der Waals surface area contributed by atoms with Gasteiger partial charge in [-0.25, -0.2) is 8.42 Å². The Hall–Kier alpha value is -3.85. The molecule has 3 aromatic rings. The molecule has 0 radical (unpaired) electrons. The number of carbonyl (C=O) groups is 2. The van der Waals surface area contributed by atoms with Gasteiger partial charge in [0.05, 0.1) is 10.6 Å². The fourth-order valence-corrected chi connectivity index (χ4v) is 4.15. The van der Waals surface area contributed by atoms with E-state index in [1.54, 1.807) is 24.3 Å². The number of amides is 2. The number of hydrogen-bond acceptors (Lipinski definition) is 5. The molecule has 2 amide bonds. The molecule has 4 N–H and O–H groups in total. The van der Waals surface area contributed by atoms with Gasteiger partial charge in [-0.3, -0.25) is 14.3 Å². The van der Waals surface area contributed by atoms with Crippen LogP contribution in [-0.4, -0.2) is 38.4 Å². The lowest BCUT2D eigenvalue weighted by atomic mass is 10.2. The van der Waals surface area contributed by atoms with Crippen LogP contribution in [0.4, 0.5) is 5.69 Å². The highest BCUT2D eigenvalue weighted by Crippen LogP contribution is 2.19. The molecule has 0 aliphatic heterocycles. The van der Waals surface area contributed by atoms with Crippen LogP contribution < -0.4 is 15.4 Å². The maximum Gasteiger partial charge on any atom is 0.261 e. The molecule has 9 heteroatoms. The Bertz CT molecular complexity index is 1240. The minimum atomic E-state index is -3.77. The quantitative estimate of drug-likeness (QED) is 0.360. The Morgan fingerprint density at radius 3 is 2.09 bits per heavy atom. The zero-order valence-corrected chi connectivity index (χ0v) is 18.9. The normalized spacial score (nSPS) is 10.9. The van der Waals surface area contributed by atoms with E-state index >= 15 is 0 Å². The molecule has 0 bridgehead atoms. The molecule has 3 aromatic carbocycles. The number of phenols is 1. The summed E-state index contributed by atoms with van der Waals surface area (Å²) < 4.78 is 27.7. The van der Waals surface area contributed by atoms with Gasteiger partial charge in [0.2, 0.25) is 0 Å². The summed E-state index contributed by atoms with van der Waals surface area (Å²) in [5.41, 5.74) is 1.98.